The van der Waals surface area contributed by atoms with E-state index in [0.717, 1.165) is 25.2 Å². The quantitative estimate of drug-likeness (QED) is 0.855. The molecule has 0 aromatic heterocycles. The molecule has 106 valence electrons. The average Bonchev–Trinajstić information content (AvgIpc) is 2.68. The lowest BCUT2D eigenvalue weighted by atomic mass is 10.2. The van der Waals surface area contributed by atoms with Crippen molar-refractivity contribution in [2.75, 3.05) is 26.2 Å². The number of ether oxygens (including phenoxy) is 1. The van der Waals surface area contributed by atoms with Crippen LogP contribution in [-0.4, -0.2) is 42.4 Å². The summed E-state index contributed by atoms with van der Waals surface area (Å²) in [6.45, 7) is 3.99. The van der Waals surface area contributed by atoms with Crippen molar-refractivity contribution in [3.05, 3.63) is 35.9 Å². The molecule has 0 radical (unpaired) electrons. The molecule has 1 N–H and O–H groups in total. The van der Waals surface area contributed by atoms with Crippen molar-refractivity contribution in [2.45, 2.75) is 38.4 Å². The fourth-order valence-corrected chi connectivity index (χ4v) is 2.56. The zero-order chi connectivity index (χ0) is 13.3. The van der Waals surface area contributed by atoms with Gasteiger partial charge in [-0.3, -0.25) is 0 Å². The smallest absolute Gasteiger partial charge is 0.0900 e. The first-order valence-corrected chi connectivity index (χ1v) is 7.36. The van der Waals surface area contributed by atoms with Gasteiger partial charge in [-0.15, -0.1) is 0 Å². The van der Waals surface area contributed by atoms with E-state index < -0.39 is 0 Å². The maximum absolute atomic E-state index is 10.0. The van der Waals surface area contributed by atoms with E-state index in [-0.39, 0.29) is 6.10 Å². The van der Waals surface area contributed by atoms with E-state index in [4.69, 9.17) is 4.74 Å². The molecule has 1 heterocycles. The van der Waals surface area contributed by atoms with Crippen LogP contribution in [0.25, 0.3) is 0 Å². The summed E-state index contributed by atoms with van der Waals surface area (Å²) in [6.07, 6.45) is 4.81. The number of likely N-dealkylation sites (tertiary alicyclic amines) is 1. The Morgan fingerprint density at radius 3 is 2.42 bits per heavy atom. The zero-order valence-corrected chi connectivity index (χ0v) is 11.6. The van der Waals surface area contributed by atoms with Crippen LogP contribution in [0.1, 0.15) is 31.2 Å². The summed E-state index contributed by atoms with van der Waals surface area (Å²) in [7, 11) is 0. The fraction of sp³-hybridized carbons (Fsp3) is 0.625. The molecule has 1 saturated heterocycles. The molecule has 0 unspecified atom stereocenters. The van der Waals surface area contributed by atoms with Gasteiger partial charge >= 0.3 is 0 Å². The average molecular weight is 263 g/mol. The Balaban J connectivity index is 1.62. The van der Waals surface area contributed by atoms with Crippen molar-refractivity contribution in [1.82, 2.24) is 4.90 Å². The van der Waals surface area contributed by atoms with Gasteiger partial charge in [-0.2, -0.15) is 0 Å². The first kappa shape index (κ1) is 14.5. The maximum Gasteiger partial charge on any atom is 0.0900 e. The fourth-order valence-electron chi connectivity index (χ4n) is 2.56. The first-order valence-electron chi connectivity index (χ1n) is 7.36. The Bertz CT molecular complexity index is 334. The molecule has 1 aliphatic rings. The second kappa shape index (κ2) is 8.31. The second-order valence-corrected chi connectivity index (χ2v) is 5.37. The largest absolute Gasteiger partial charge is 0.389 e. The van der Waals surface area contributed by atoms with E-state index in [0.29, 0.717) is 13.2 Å². The van der Waals surface area contributed by atoms with Crippen LogP contribution in [-0.2, 0) is 11.3 Å². The molecule has 0 aliphatic carbocycles. The summed E-state index contributed by atoms with van der Waals surface area (Å²) in [5.41, 5.74) is 1.16. The molecule has 1 aromatic carbocycles. The van der Waals surface area contributed by atoms with E-state index in [2.05, 4.69) is 4.90 Å². The number of β-amino-alcohol motifs (C(OH)–C–C–N with tert-alkyl or cyclic N) is 1. The molecule has 0 spiro atoms. The summed E-state index contributed by atoms with van der Waals surface area (Å²) < 4.78 is 5.58. The summed E-state index contributed by atoms with van der Waals surface area (Å²) in [4.78, 5) is 2.36. The molecule has 3 nitrogen and oxygen atoms in total. The summed E-state index contributed by atoms with van der Waals surface area (Å²) in [6, 6.07) is 10.1. The SMILES string of the molecule is O[C@@H](COCc1ccccc1)CN1CCCCCC1. The van der Waals surface area contributed by atoms with Crippen molar-refractivity contribution in [1.29, 1.82) is 0 Å². The molecule has 2 rings (SSSR count). The van der Waals surface area contributed by atoms with Gasteiger partial charge in [-0.05, 0) is 31.5 Å². The van der Waals surface area contributed by atoms with Gasteiger partial charge < -0.3 is 14.7 Å². The summed E-state index contributed by atoms with van der Waals surface area (Å²) in [5, 5.41) is 10.0. The highest BCUT2D eigenvalue weighted by Gasteiger charge is 2.13. The van der Waals surface area contributed by atoms with Crippen molar-refractivity contribution < 1.29 is 9.84 Å². The molecule has 19 heavy (non-hydrogen) atoms. The topological polar surface area (TPSA) is 32.7 Å². The minimum Gasteiger partial charge on any atom is -0.389 e. The molecule has 1 fully saturated rings. The molecular formula is C16H25NO2. The summed E-state index contributed by atoms with van der Waals surface area (Å²) >= 11 is 0. The normalized spacial score (nSPS) is 19.0. The zero-order valence-electron chi connectivity index (χ0n) is 11.6. The van der Waals surface area contributed by atoms with E-state index in [1.807, 2.05) is 30.3 Å². The minimum atomic E-state index is -0.373. The van der Waals surface area contributed by atoms with Crippen LogP contribution < -0.4 is 0 Å². The Morgan fingerprint density at radius 1 is 1.05 bits per heavy atom. The lowest BCUT2D eigenvalue weighted by molar-refractivity contribution is 0.0104. The third kappa shape index (κ3) is 5.72. The Labute approximate surface area is 116 Å². The monoisotopic (exact) mass is 263 g/mol. The van der Waals surface area contributed by atoms with Crippen LogP contribution in [0.5, 0.6) is 0 Å². The number of rotatable bonds is 6. The summed E-state index contributed by atoms with van der Waals surface area (Å²) in [5.74, 6) is 0. The second-order valence-electron chi connectivity index (χ2n) is 5.37. The van der Waals surface area contributed by atoms with Crippen LogP contribution >= 0.6 is 0 Å². The van der Waals surface area contributed by atoms with E-state index in [9.17, 15) is 5.11 Å². The van der Waals surface area contributed by atoms with Gasteiger partial charge in [0.1, 0.15) is 0 Å². The van der Waals surface area contributed by atoms with E-state index >= 15 is 0 Å². The number of aliphatic hydroxyl groups excluding tert-OH is 1. The Morgan fingerprint density at radius 2 is 1.74 bits per heavy atom. The molecule has 0 amide bonds. The maximum atomic E-state index is 10.0. The number of hydrogen-bond acceptors (Lipinski definition) is 3. The highest BCUT2D eigenvalue weighted by molar-refractivity contribution is 5.13. The van der Waals surface area contributed by atoms with Gasteiger partial charge in [0.25, 0.3) is 0 Å². The van der Waals surface area contributed by atoms with Crippen molar-refractivity contribution in [3.8, 4) is 0 Å². The van der Waals surface area contributed by atoms with Crippen LogP contribution in [0.2, 0.25) is 0 Å². The lowest BCUT2D eigenvalue weighted by Gasteiger charge is -2.23. The third-order valence-corrected chi connectivity index (χ3v) is 3.59. The Kier molecular flexibility index (Phi) is 6.34. The van der Waals surface area contributed by atoms with Gasteiger partial charge in [0.15, 0.2) is 0 Å². The number of nitrogens with zero attached hydrogens (tertiary/aromatic N) is 1. The van der Waals surface area contributed by atoms with Crippen molar-refractivity contribution >= 4 is 0 Å². The van der Waals surface area contributed by atoms with E-state index in [1.54, 1.807) is 0 Å². The van der Waals surface area contributed by atoms with Crippen LogP contribution in [0.3, 0.4) is 0 Å². The van der Waals surface area contributed by atoms with Crippen molar-refractivity contribution in [2.24, 2.45) is 0 Å². The molecular weight excluding hydrogens is 238 g/mol. The number of hydrogen-bond donors (Lipinski definition) is 1. The number of benzene rings is 1. The van der Waals surface area contributed by atoms with E-state index in [1.165, 1.54) is 25.7 Å². The number of aliphatic hydroxyl groups is 1. The van der Waals surface area contributed by atoms with Gasteiger partial charge in [-0.1, -0.05) is 43.2 Å². The molecule has 1 aromatic rings. The highest BCUT2D eigenvalue weighted by atomic mass is 16.5. The first-order chi connectivity index (χ1) is 9.34. The van der Waals surface area contributed by atoms with Gasteiger partial charge in [0, 0.05) is 6.54 Å². The highest BCUT2D eigenvalue weighted by Crippen LogP contribution is 2.10. The third-order valence-electron chi connectivity index (χ3n) is 3.59. The van der Waals surface area contributed by atoms with Crippen molar-refractivity contribution in [3.63, 3.8) is 0 Å². The molecule has 1 aliphatic heterocycles. The Hall–Kier alpha value is -0.900. The minimum absolute atomic E-state index is 0.373. The van der Waals surface area contributed by atoms with Gasteiger partial charge in [0.2, 0.25) is 0 Å². The van der Waals surface area contributed by atoms with Gasteiger partial charge in [-0.25, -0.2) is 0 Å². The standard InChI is InChI=1S/C16H25NO2/c18-16(12-17-10-6-1-2-7-11-17)14-19-13-15-8-4-3-5-9-15/h3-5,8-9,16,18H,1-2,6-7,10-14H2/t16-/m1/s1. The lowest BCUT2D eigenvalue weighted by Crippen LogP contribution is -2.35. The van der Waals surface area contributed by atoms with Crippen LogP contribution in [0.15, 0.2) is 30.3 Å². The predicted molar refractivity (Wildman–Crippen MR) is 77.0 cm³/mol. The van der Waals surface area contributed by atoms with Crippen LogP contribution in [0, 0.1) is 0 Å². The van der Waals surface area contributed by atoms with Gasteiger partial charge in [0.05, 0.1) is 19.3 Å². The molecule has 0 saturated carbocycles. The predicted octanol–water partition coefficient (Wildman–Crippen LogP) is 2.44. The van der Waals surface area contributed by atoms with Crippen LogP contribution in [0.4, 0.5) is 0 Å². The molecule has 3 heteroatoms. The molecule has 0 bridgehead atoms. The molecule has 1 atom stereocenters.